The lowest BCUT2D eigenvalue weighted by atomic mass is 9.85. The summed E-state index contributed by atoms with van der Waals surface area (Å²) in [6, 6.07) is 3.60. The SMILES string of the molecule is O=C(O)C(Cc1ccc([N+](=O)[O-])c(F)c1)C1CCCC1. The minimum atomic E-state index is -0.914. The minimum Gasteiger partial charge on any atom is -0.481 e. The molecule has 1 aliphatic rings. The van der Waals surface area contributed by atoms with Crippen molar-refractivity contribution in [3.63, 3.8) is 0 Å². The highest BCUT2D eigenvalue weighted by Crippen LogP contribution is 2.34. The summed E-state index contributed by atoms with van der Waals surface area (Å²) in [5.41, 5.74) is -0.0890. The number of nitro groups is 1. The monoisotopic (exact) mass is 281 g/mol. The number of nitrogens with zero attached hydrogens (tertiary/aromatic N) is 1. The molecule has 0 heterocycles. The summed E-state index contributed by atoms with van der Waals surface area (Å²) in [7, 11) is 0. The molecule has 2 rings (SSSR count). The van der Waals surface area contributed by atoms with Gasteiger partial charge in [-0.3, -0.25) is 14.9 Å². The summed E-state index contributed by atoms with van der Waals surface area (Å²) < 4.78 is 13.5. The zero-order chi connectivity index (χ0) is 14.7. The normalized spacial score (nSPS) is 17.1. The molecule has 0 bridgehead atoms. The highest BCUT2D eigenvalue weighted by atomic mass is 19.1. The summed E-state index contributed by atoms with van der Waals surface area (Å²) in [5, 5.41) is 19.8. The predicted molar refractivity (Wildman–Crippen MR) is 69.8 cm³/mol. The molecule has 0 radical (unpaired) electrons. The van der Waals surface area contributed by atoms with Gasteiger partial charge < -0.3 is 5.11 Å². The van der Waals surface area contributed by atoms with Crippen molar-refractivity contribution in [1.82, 2.24) is 0 Å². The maximum atomic E-state index is 13.5. The van der Waals surface area contributed by atoms with Crippen LogP contribution >= 0.6 is 0 Å². The van der Waals surface area contributed by atoms with E-state index in [-0.39, 0.29) is 12.3 Å². The molecule has 1 saturated carbocycles. The van der Waals surface area contributed by atoms with E-state index in [4.69, 9.17) is 0 Å². The third-order valence-corrected chi connectivity index (χ3v) is 3.95. The number of benzene rings is 1. The Morgan fingerprint density at radius 1 is 1.45 bits per heavy atom. The topological polar surface area (TPSA) is 80.4 Å². The van der Waals surface area contributed by atoms with Gasteiger partial charge >= 0.3 is 11.7 Å². The van der Waals surface area contributed by atoms with Crippen molar-refractivity contribution < 1.29 is 19.2 Å². The second kappa shape index (κ2) is 5.98. The number of halogens is 1. The molecular formula is C14H16FNO4. The van der Waals surface area contributed by atoms with Crippen LogP contribution in [0.1, 0.15) is 31.2 Å². The van der Waals surface area contributed by atoms with Crippen LogP contribution in [0.5, 0.6) is 0 Å². The first-order valence-corrected chi connectivity index (χ1v) is 6.64. The predicted octanol–water partition coefficient (Wildman–Crippen LogP) is 3.17. The van der Waals surface area contributed by atoms with Crippen molar-refractivity contribution in [1.29, 1.82) is 0 Å². The summed E-state index contributed by atoms with van der Waals surface area (Å²) in [6.07, 6.45) is 4.04. The molecule has 1 unspecified atom stereocenters. The number of nitro benzene ring substituents is 1. The van der Waals surface area contributed by atoms with Gasteiger partial charge in [0.1, 0.15) is 0 Å². The van der Waals surface area contributed by atoms with Gasteiger partial charge in [-0.1, -0.05) is 18.9 Å². The van der Waals surface area contributed by atoms with Crippen LogP contribution in [0.15, 0.2) is 18.2 Å². The average Bonchev–Trinajstić information content (AvgIpc) is 2.88. The number of hydrogen-bond acceptors (Lipinski definition) is 3. The molecule has 5 nitrogen and oxygen atoms in total. The van der Waals surface area contributed by atoms with E-state index in [1.165, 1.54) is 6.07 Å². The summed E-state index contributed by atoms with van der Waals surface area (Å²) in [5.74, 6) is -2.22. The van der Waals surface area contributed by atoms with Crippen LogP contribution in [0.3, 0.4) is 0 Å². The van der Waals surface area contributed by atoms with Crippen molar-refractivity contribution in [3.05, 3.63) is 39.7 Å². The molecule has 1 atom stereocenters. The zero-order valence-electron chi connectivity index (χ0n) is 10.9. The third-order valence-electron chi connectivity index (χ3n) is 3.95. The van der Waals surface area contributed by atoms with E-state index in [0.717, 1.165) is 37.8 Å². The van der Waals surface area contributed by atoms with E-state index >= 15 is 0 Å². The second-order valence-corrected chi connectivity index (χ2v) is 5.24. The molecule has 0 aliphatic heterocycles. The Morgan fingerprint density at radius 3 is 2.60 bits per heavy atom. The van der Waals surface area contributed by atoms with Crippen molar-refractivity contribution >= 4 is 11.7 Å². The van der Waals surface area contributed by atoms with Crippen molar-refractivity contribution in [3.8, 4) is 0 Å². The standard InChI is InChI=1S/C14H16FNO4/c15-12-8-9(5-6-13(12)16(19)20)7-11(14(17)18)10-3-1-2-4-10/h5-6,8,10-11H,1-4,7H2,(H,17,18). The van der Waals surface area contributed by atoms with Gasteiger partial charge in [-0.15, -0.1) is 0 Å². The summed E-state index contributed by atoms with van der Waals surface area (Å²) in [6.45, 7) is 0. The molecule has 20 heavy (non-hydrogen) atoms. The van der Waals surface area contributed by atoms with E-state index in [2.05, 4.69) is 0 Å². The maximum absolute atomic E-state index is 13.5. The van der Waals surface area contributed by atoms with Gasteiger partial charge in [0.05, 0.1) is 10.8 Å². The average molecular weight is 281 g/mol. The molecule has 6 heteroatoms. The first-order chi connectivity index (χ1) is 9.49. The van der Waals surface area contributed by atoms with Crippen LogP contribution in [0.25, 0.3) is 0 Å². The molecular weight excluding hydrogens is 265 g/mol. The van der Waals surface area contributed by atoms with E-state index in [1.807, 2.05) is 0 Å². The van der Waals surface area contributed by atoms with Gasteiger partial charge in [-0.2, -0.15) is 4.39 Å². The Balaban J connectivity index is 2.16. The highest BCUT2D eigenvalue weighted by molar-refractivity contribution is 5.71. The number of rotatable bonds is 5. The molecule has 1 fully saturated rings. The van der Waals surface area contributed by atoms with E-state index in [9.17, 15) is 24.4 Å². The fourth-order valence-corrected chi connectivity index (χ4v) is 2.89. The van der Waals surface area contributed by atoms with Gasteiger partial charge in [0.15, 0.2) is 0 Å². The number of carboxylic acids is 1. The van der Waals surface area contributed by atoms with Crippen LogP contribution in [-0.4, -0.2) is 16.0 Å². The summed E-state index contributed by atoms with van der Waals surface area (Å²) >= 11 is 0. The van der Waals surface area contributed by atoms with Crippen LogP contribution in [0.2, 0.25) is 0 Å². The number of aliphatic carboxylic acids is 1. The Kier molecular flexibility index (Phi) is 4.32. The number of carbonyl (C=O) groups is 1. The van der Waals surface area contributed by atoms with Gasteiger partial charge in [0.2, 0.25) is 5.82 Å². The van der Waals surface area contributed by atoms with Gasteiger partial charge in [-0.25, -0.2) is 0 Å². The van der Waals surface area contributed by atoms with Gasteiger partial charge in [0, 0.05) is 6.07 Å². The van der Waals surface area contributed by atoms with Gasteiger partial charge in [0.25, 0.3) is 0 Å². The van der Waals surface area contributed by atoms with Crippen LogP contribution in [0, 0.1) is 27.8 Å². The molecule has 0 saturated heterocycles. The minimum absolute atomic E-state index is 0.116. The lowest BCUT2D eigenvalue weighted by molar-refractivity contribution is -0.387. The summed E-state index contributed by atoms with van der Waals surface area (Å²) in [4.78, 5) is 21.1. The molecule has 1 aromatic rings. The van der Waals surface area contributed by atoms with Crippen LogP contribution < -0.4 is 0 Å². The van der Waals surface area contributed by atoms with Crippen molar-refractivity contribution in [2.24, 2.45) is 11.8 Å². The fourth-order valence-electron chi connectivity index (χ4n) is 2.89. The smallest absolute Gasteiger partial charge is 0.307 e. The quantitative estimate of drug-likeness (QED) is 0.664. The first kappa shape index (κ1) is 14.4. The Hall–Kier alpha value is -1.98. The maximum Gasteiger partial charge on any atom is 0.307 e. The zero-order valence-corrected chi connectivity index (χ0v) is 10.9. The van der Waals surface area contributed by atoms with E-state index in [1.54, 1.807) is 0 Å². The lowest BCUT2D eigenvalue weighted by Crippen LogP contribution is -2.24. The lowest BCUT2D eigenvalue weighted by Gasteiger charge is -2.19. The molecule has 0 spiro atoms. The molecule has 1 N–H and O–H groups in total. The number of carboxylic acid groups (broad SMARTS) is 1. The van der Waals surface area contributed by atoms with Crippen molar-refractivity contribution in [2.45, 2.75) is 32.1 Å². The molecule has 1 aliphatic carbocycles. The molecule has 0 aromatic heterocycles. The molecule has 108 valence electrons. The molecule has 0 amide bonds. The van der Waals surface area contributed by atoms with Crippen molar-refractivity contribution in [2.75, 3.05) is 0 Å². The fraction of sp³-hybridized carbons (Fsp3) is 0.500. The first-order valence-electron chi connectivity index (χ1n) is 6.64. The van der Waals surface area contributed by atoms with Crippen LogP contribution in [0.4, 0.5) is 10.1 Å². The second-order valence-electron chi connectivity index (χ2n) is 5.24. The van der Waals surface area contributed by atoms with E-state index in [0.29, 0.717) is 5.56 Å². The Morgan fingerprint density at radius 2 is 2.10 bits per heavy atom. The largest absolute Gasteiger partial charge is 0.481 e. The molecule has 1 aromatic carbocycles. The Bertz CT molecular complexity index is 526. The van der Waals surface area contributed by atoms with Gasteiger partial charge in [-0.05, 0) is 36.8 Å². The highest BCUT2D eigenvalue weighted by Gasteiger charge is 2.31. The number of hydrogen-bond donors (Lipinski definition) is 1. The van der Waals surface area contributed by atoms with Crippen LogP contribution in [-0.2, 0) is 11.2 Å². The Labute approximate surface area is 115 Å². The third kappa shape index (κ3) is 3.12. The van der Waals surface area contributed by atoms with E-state index < -0.39 is 28.3 Å².